The highest BCUT2D eigenvalue weighted by atomic mass is 16.5. The minimum absolute atomic E-state index is 0.0555. The maximum atomic E-state index is 12.4. The lowest BCUT2D eigenvalue weighted by molar-refractivity contribution is -0.142. The Bertz CT molecular complexity index is 905. The summed E-state index contributed by atoms with van der Waals surface area (Å²) in [6.45, 7) is 3.15. The van der Waals surface area contributed by atoms with E-state index in [2.05, 4.69) is 15.7 Å². The van der Waals surface area contributed by atoms with E-state index in [4.69, 9.17) is 4.74 Å². The van der Waals surface area contributed by atoms with Crippen molar-refractivity contribution in [2.45, 2.75) is 64.8 Å². The highest BCUT2D eigenvalue weighted by Gasteiger charge is 2.28. The van der Waals surface area contributed by atoms with Crippen LogP contribution in [0, 0.1) is 13.8 Å². The highest BCUT2D eigenvalue weighted by molar-refractivity contribution is 6.38. The van der Waals surface area contributed by atoms with Crippen LogP contribution in [0.1, 0.15) is 56.1 Å². The standard InChI is InChI=1S/C22H28N4O5/c1-14-8-9-15(2)18(12-14)26-20(28)11-10-17(25-26)21(29)31-13-19(27)24-22(30)23-16-6-4-3-5-7-16/h8-9,12,16H,3-7,10-11,13H2,1-2H3,(H2,23,24,27,30). The third-order valence-electron chi connectivity index (χ3n) is 5.39. The second-order valence-electron chi connectivity index (χ2n) is 7.97. The van der Waals surface area contributed by atoms with Gasteiger partial charge in [-0.3, -0.25) is 14.9 Å². The summed E-state index contributed by atoms with van der Waals surface area (Å²) in [6.07, 6.45) is 5.30. The number of imide groups is 1. The number of carbonyl (C=O) groups excluding carboxylic acids is 4. The van der Waals surface area contributed by atoms with Crippen molar-refractivity contribution < 1.29 is 23.9 Å². The van der Waals surface area contributed by atoms with Gasteiger partial charge in [-0.2, -0.15) is 10.1 Å². The van der Waals surface area contributed by atoms with E-state index in [1.54, 1.807) is 0 Å². The first kappa shape index (κ1) is 22.5. The molecule has 0 atom stereocenters. The number of amides is 4. The molecule has 4 amide bonds. The van der Waals surface area contributed by atoms with Crippen LogP contribution in [0.3, 0.4) is 0 Å². The van der Waals surface area contributed by atoms with Crippen LogP contribution in [0.5, 0.6) is 0 Å². The van der Waals surface area contributed by atoms with E-state index >= 15 is 0 Å². The number of ether oxygens (including phenoxy) is 1. The number of rotatable bonds is 5. The average Bonchev–Trinajstić information content (AvgIpc) is 2.75. The lowest BCUT2D eigenvalue weighted by Crippen LogP contribution is -2.46. The average molecular weight is 428 g/mol. The van der Waals surface area contributed by atoms with E-state index in [1.165, 1.54) is 5.01 Å². The second kappa shape index (κ2) is 10.2. The molecule has 9 heteroatoms. The summed E-state index contributed by atoms with van der Waals surface area (Å²) in [4.78, 5) is 48.6. The van der Waals surface area contributed by atoms with Gasteiger partial charge in [-0.25, -0.2) is 9.59 Å². The van der Waals surface area contributed by atoms with Crippen LogP contribution in [0.2, 0.25) is 0 Å². The molecule has 9 nitrogen and oxygen atoms in total. The number of hydrazone groups is 1. The van der Waals surface area contributed by atoms with Crippen molar-refractivity contribution in [1.82, 2.24) is 10.6 Å². The molecule has 0 aromatic heterocycles. The molecular weight excluding hydrogens is 400 g/mol. The molecule has 3 rings (SSSR count). The fourth-order valence-corrected chi connectivity index (χ4v) is 3.68. The summed E-state index contributed by atoms with van der Waals surface area (Å²) in [7, 11) is 0. The first-order valence-electron chi connectivity index (χ1n) is 10.6. The molecule has 1 aliphatic heterocycles. The molecule has 2 N–H and O–H groups in total. The van der Waals surface area contributed by atoms with Crippen molar-refractivity contribution in [2.24, 2.45) is 5.10 Å². The molecule has 1 aromatic rings. The van der Waals surface area contributed by atoms with Crippen LogP contribution in [-0.2, 0) is 19.1 Å². The lowest BCUT2D eigenvalue weighted by atomic mass is 9.96. The van der Waals surface area contributed by atoms with Gasteiger partial charge in [0.2, 0.25) is 5.91 Å². The third-order valence-corrected chi connectivity index (χ3v) is 5.39. The summed E-state index contributed by atoms with van der Waals surface area (Å²) in [5.74, 6) is -1.73. The Morgan fingerprint density at radius 1 is 1.13 bits per heavy atom. The van der Waals surface area contributed by atoms with Crippen LogP contribution in [0.4, 0.5) is 10.5 Å². The smallest absolute Gasteiger partial charge is 0.355 e. The number of esters is 1. The van der Waals surface area contributed by atoms with Crippen molar-refractivity contribution >= 4 is 35.2 Å². The second-order valence-corrected chi connectivity index (χ2v) is 7.97. The largest absolute Gasteiger partial charge is 0.451 e. The van der Waals surface area contributed by atoms with Gasteiger partial charge in [0.05, 0.1) is 5.69 Å². The quantitative estimate of drug-likeness (QED) is 0.699. The predicted octanol–water partition coefficient (Wildman–Crippen LogP) is 2.49. The van der Waals surface area contributed by atoms with Crippen molar-refractivity contribution in [2.75, 3.05) is 11.6 Å². The lowest BCUT2D eigenvalue weighted by Gasteiger charge is -2.24. The number of carbonyl (C=O) groups is 4. The molecule has 1 aliphatic carbocycles. The van der Waals surface area contributed by atoms with Gasteiger partial charge in [0.25, 0.3) is 5.91 Å². The minimum atomic E-state index is -0.786. The fourth-order valence-electron chi connectivity index (χ4n) is 3.68. The zero-order valence-corrected chi connectivity index (χ0v) is 17.9. The van der Waals surface area contributed by atoms with Crippen molar-refractivity contribution in [1.29, 1.82) is 0 Å². The normalized spacial score (nSPS) is 17.0. The molecule has 1 heterocycles. The van der Waals surface area contributed by atoms with Crippen LogP contribution >= 0.6 is 0 Å². The minimum Gasteiger partial charge on any atom is -0.451 e. The van der Waals surface area contributed by atoms with Crippen LogP contribution < -0.4 is 15.6 Å². The molecule has 0 spiro atoms. The van der Waals surface area contributed by atoms with Crippen LogP contribution in [0.25, 0.3) is 0 Å². The number of aryl methyl sites for hydroxylation is 2. The number of nitrogens with zero attached hydrogens (tertiary/aromatic N) is 2. The molecule has 1 saturated carbocycles. The van der Waals surface area contributed by atoms with E-state index in [-0.39, 0.29) is 30.5 Å². The molecular formula is C22H28N4O5. The predicted molar refractivity (Wildman–Crippen MR) is 115 cm³/mol. The number of urea groups is 1. The summed E-state index contributed by atoms with van der Waals surface area (Å²) in [6, 6.07) is 5.10. The van der Waals surface area contributed by atoms with Crippen molar-refractivity contribution in [3.63, 3.8) is 0 Å². The third kappa shape index (κ3) is 6.13. The SMILES string of the molecule is Cc1ccc(C)c(N2N=C(C(=O)OCC(=O)NC(=O)NC3CCCCC3)CCC2=O)c1. The van der Waals surface area contributed by atoms with Gasteiger partial charge in [0, 0.05) is 18.9 Å². The Kier molecular flexibility index (Phi) is 7.38. The van der Waals surface area contributed by atoms with Gasteiger partial charge in [0.15, 0.2) is 6.61 Å². The fraction of sp³-hybridized carbons (Fsp3) is 0.500. The summed E-state index contributed by atoms with van der Waals surface area (Å²) < 4.78 is 5.01. The summed E-state index contributed by atoms with van der Waals surface area (Å²) in [5, 5.41) is 10.3. The maximum Gasteiger partial charge on any atom is 0.355 e. The van der Waals surface area contributed by atoms with Crippen LogP contribution in [-0.4, -0.2) is 42.2 Å². The van der Waals surface area contributed by atoms with E-state index in [1.807, 2.05) is 32.0 Å². The molecule has 166 valence electrons. The molecule has 0 bridgehead atoms. The van der Waals surface area contributed by atoms with Crippen molar-refractivity contribution in [3.05, 3.63) is 29.3 Å². The van der Waals surface area contributed by atoms with Gasteiger partial charge in [0.1, 0.15) is 5.71 Å². The summed E-state index contributed by atoms with van der Waals surface area (Å²) >= 11 is 0. The first-order valence-corrected chi connectivity index (χ1v) is 10.6. The maximum absolute atomic E-state index is 12.4. The monoisotopic (exact) mass is 428 g/mol. The molecule has 1 fully saturated rings. The van der Waals surface area contributed by atoms with E-state index in [0.717, 1.165) is 43.2 Å². The zero-order chi connectivity index (χ0) is 22.4. The topological polar surface area (TPSA) is 117 Å². The van der Waals surface area contributed by atoms with Gasteiger partial charge >= 0.3 is 12.0 Å². The number of anilines is 1. The van der Waals surface area contributed by atoms with Gasteiger partial charge in [-0.1, -0.05) is 31.4 Å². The Morgan fingerprint density at radius 2 is 1.87 bits per heavy atom. The Hall–Kier alpha value is -3.23. The number of nitrogens with one attached hydrogen (secondary N) is 2. The Labute approximate surface area is 181 Å². The van der Waals surface area contributed by atoms with Gasteiger partial charge in [-0.05, 0) is 43.9 Å². The molecule has 0 radical (unpaired) electrons. The molecule has 1 aromatic carbocycles. The van der Waals surface area contributed by atoms with Gasteiger partial charge in [-0.15, -0.1) is 0 Å². The Morgan fingerprint density at radius 3 is 2.61 bits per heavy atom. The first-order chi connectivity index (χ1) is 14.8. The zero-order valence-electron chi connectivity index (χ0n) is 17.9. The van der Waals surface area contributed by atoms with Gasteiger partial charge < -0.3 is 10.1 Å². The Balaban J connectivity index is 1.54. The van der Waals surface area contributed by atoms with Crippen molar-refractivity contribution in [3.8, 4) is 0 Å². The number of benzene rings is 1. The number of hydrogen-bond acceptors (Lipinski definition) is 6. The van der Waals surface area contributed by atoms with E-state index in [9.17, 15) is 19.2 Å². The van der Waals surface area contributed by atoms with E-state index < -0.39 is 24.5 Å². The van der Waals surface area contributed by atoms with E-state index in [0.29, 0.717) is 5.69 Å². The molecule has 31 heavy (non-hydrogen) atoms. The molecule has 0 saturated heterocycles. The van der Waals surface area contributed by atoms with Crippen LogP contribution in [0.15, 0.2) is 23.3 Å². The summed E-state index contributed by atoms with van der Waals surface area (Å²) in [5.41, 5.74) is 2.47. The molecule has 2 aliphatic rings. The number of hydrogen-bond donors (Lipinski definition) is 2. The highest BCUT2D eigenvalue weighted by Crippen LogP contribution is 2.25. The molecule has 0 unspecified atom stereocenters.